The van der Waals surface area contributed by atoms with Gasteiger partial charge in [0.25, 0.3) is 0 Å². The molecule has 6 rings (SSSR count). The molecule has 4 heterocycles. The minimum absolute atomic E-state index is 0.0621. The second-order valence-electron chi connectivity index (χ2n) is 9.84. The van der Waals surface area contributed by atoms with Crippen molar-refractivity contribution in [2.75, 3.05) is 12.4 Å². The summed E-state index contributed by atoms with van der Waals surface area (Å²) in [5, 5.41) is 29.3. The molecule has 188 valence electrons. The van der Waals surface area contributed by atoms with Gasteiger partial charge >= 0.3 is 0 Å². The topological polar surface area (TPSA) is 71.0 Å². The number of rotatable bonds is 4. The van der Waals surface area contributed by atoms with Crippen LogP contribution in [0.25, 0.3) is 28.5 Å². The second kappa shape index (κ2) is 8.80. The number of thiophene rings is 2. The highest BCUT2D eigenvalue weighted by atomic mass is 32.1. The third-order valence-electron chi connectivity index (χ3n) is 6.77. The van der Waals surface area contributed by atoms with E-state index in [0.717, 1.165) is 48.8 Å². The van der Waals surface area contributed by atoms with Crippen molar-refractivity contribution in [1.29, 1.82) is 0 Å². The Morgan fingerprint density at radius 2 is 1.86 bits per heavy atom. The number of fused-ring (bicyclic) bond motifs is 5. The second-order valence-corrected chi connectivity index (χ2v) is 11.8. The van der Waals surface area contributed by atoms with Crippen molar-refractivity contribution in [2.45, 2.75) is 32.4 Å². The SMILES string of the molecule is COc1c(O)ccc2c1-c1ccc3c(c1/C(=C/c1sccc1C(O)c1cccs1)O2)C(C)=CC(C)(C)N3. The van der Waals surface area contributed by atoms with Crippen LogP contribution in [0.5, 0.6) is 17.2 Å². The monoisotopic (exact) mass is 529 g/mol. The standard InChI is InChI=1S/C30H27NO4S2/c1-16-15-30(2,3)31-19-8-7-18-26(25(16)19)22(35-21-10-9-20(32)29(34-4)27(18)21)14-24-17(11-13-37-24)28(33)23-6-5-12-36-23/h5-15,28,31-33H,1-4H3/b22-14-. The third kappa shape index (κ3) is 3.94. The molecule has 4 aromatic rings. The maximum atomic E-state index is 11.1. The highest BCUT2D eigenvalue weighted by Gasteiger charge is 2.33. The molecule has 0 radical (unpaired) electrons. The number of hydrogen-bond acceptors (Lipinski definition) is 7. The van der Waals surface area contributed by atoms with Crippen LogP contribution in [0.4, 0.5) is 5.69 Å². The summed E-state index contributed by atoms with van der Waals surface area (Å²) in [6, 6.07) is 13.4. The predicted octanol–water partition coefficient (Wildman–Crippen LogP) is 7.77. The molecule has 0 aliphatic carbocycles. The Balaban J connectivity index is 1.60. The first-order valence-electron chi connectivity index (χ1n) is 12.0. The van der Waals surface area contributed by atoms with Crippen LogP contribution in [0.2, 0.25) is 0 Å². The van der Waals surface area contributed by atoms with Crippen molar-refractivity contribution in [3.63, 3.8) is 0 Å². The number of hydrogen-bond donors (Lipinski definition) is 3. The minimum Gasteiger partial charge on any atom is -0.504 e. The molecule has 0 fully saturated rings. The van der Waals surface area contributed by atoms with E-state index in [0.29, 0.717) is 17.3 Å². The quantitative estimate of drug-likeness (QED) is 0.252. The summed E-state index contributed by atoms with van der Waals surface area (Å²) < 4.78 is 12.2. The molecule has 7 heteroatoms. The van der Waals surface area contributed by atoms with E-state index >= 15 is 0 Å². The fourth-order valence-electron chi connectivity index (χ4n) is 5.34. The largest absolute Gasteiger partial charge is 0.504 e. The van der Waals surface area contributed by atoms with Crippen molar-refractivity contribution in [2.24, 2.45) is 0 Å². The number of aromatic hydroxyl groups is 1. The maximum absolute atomic E-state index is 11.1. The predicted molar refractivity (Wildman–Crippen MR) is 153 cm³/mol. The Labute approximate surface area is 224 Å². The number of allylic oxidation sites excluding steroid dienone is 1. The average molecular weight is 530 g/mol. The number of aliphatic hydroxyl groups excluding tert-OH is 1. The van der Waals surface area contributed by atoms with Crippen LogP contribution in [-0.4, -0.2) is 22.9 Å². The summed E-state index contributed by atoms with van der Waals surface area (Å²) in [7, 11) is 1.55. The van der Waals surface area contributed by atoms with Crippen molar-refractivity contribution in [3.8, 4) is 28.4 Å². The highest BCUT2D eigenvalue weighted by molar-refractivity contribution is 7.11. The van der Waals surface area contributed by atoms with Gasteiger partial charge in [0.1, 0.15) is 17.6 Å². The average Bonchev–Trinajstić information content (AvgIpc) is 3.55. The number of ether oxygens (including phenoxy) is 2. The van der Waals surface area contributed by atoms with Gasteiger partial charge in [0.15, 0.2) is 11.5 Å². The third-order valence-corrected chi connectivity index (χ3v) is 8.57. The summed E-state index contributed by atoms with van der Waals surface area (Å²) in [4.78, 5) is 1.83. The number of anilines is 1. The molecule has 0 bridgehead atoms. The molecule has 0 spiro atoms. The molecule has 3 N–H and O–H groups in total. The van der Waals surface area contributed by atoms with E-state index in [9.17, 15) is 10.2 Å². The molecule has 1 atom stereocenters. The van der Waals surface area contributed by atoms with E-state index in [1.807, 2.05) is 35.0 Å². The molecule has 2 aliphatic rings. The van der Waals surface area contributed by atoms with Crippen molar-refractivity contribution >= 4 is 45.8 Å². The smallest absolute Gasteiger partial charge is 0.172 e. The molecule has 37 heavy (non-hydrogen) atoms. The zero-order valence-electron chi connectivity index (χ0n) is 21.0. The summed E-state index contributed by atoms with van der Waals surface area (Å²) in [5.41, 5.74) is 6.43. The maximum Gasteiger partial charge on any atom is 0.172 e. The van der Waals surface area contributed by atoms with E-state index < -0.39 is 6.10 Å². The van der Waals surface area contributed by atoms with E-state index in [-0.39, 0.29) is 11.3 Å². The number of nitrogens with one attached hydrogen (secondary N) is 1. The van der Waals surface area contributed by atoms with E-state index in [1.165, 1.54) is 11.3 Å². The fourth-order valence-corrected chi connectivity index (χ4v) is 6.92. The molecule has 1 unspecified atom stereocenters. The van der Waals surface area contributed by atoms with Crippen LogP contribution in [0.1, 0.15) is 53.3 Å². The number of aliphatic hydroxyl groups is 1. The molecule has 5 nitrogen and oxygen atoms in total. The molecule has 0 amide bonds. The van der Waals surface area contributed by atoms with Crippen molar-refractivity contribution < 1.29 is 19.7 Å². The molecular weight excluding hydrogens is 502 g/mol. The Morgan fingerprint density at radius 1 is 1.03 bits per heavy atom. The van der Waals surface area contributed by atoms with E-state index in [2.05, 4.69) is 44.3 Å². The molecule has 0 saturated carbocycles. The van der Waals surface area contributed by atoms with Gasteiger partial charge in [-0.05, 0) is 73.5 Å². The van der Waals surface area contributed by atoms with Crippen LogP contribution in [-0.2, 0) is 0 Å². The zero-order valence-corrected chi connectivity index (χ0v) is 22.6. The van der Waals surface area contributed by atoms with Crippen LogP contribution in [0.3, 0.4) is 0 Å². The lowest BCUT2D eigenvalue weighted by atomic mass is 9.83. The first-order valence-corrected chi connectivity index (χ1v) is 13.8. The lowest BCUT2D eigenvalue weighted by molar-refractivity contribution is 0.224. The lowest BCUT2D eigenvalue weighted by Gasteiger charge is -2.35. The van der Waals surface area contributed by atoms with E-state index in [4.69, 9.17) is 9.47 Å². The van der Waals surface area contributed by atoms with Gasteiger partial charge in [0.2, 0.25) is 0 Å². The van der Waals surface area contributed by atoms with Crippen molar-refractivity contribution in [3.05, 3.63) is 85.7 Å². The summed E-state index contributed by atoms with van der Waals surface area (Å²) in [5.74, 6) is 1.74. The van der Waals surface area contributed by atoms with Gasteiger partial charge in [-0.3, -0.25) is 0 Å². The Bertz CT molecular complexity index is 1580. The fraction of sp³-hybridized carbons (Fsp3) is 0.200. The summed E-state index contributed by atoms with van der Waals surface area (Å²) >= 11 is 3.10. The van der Waals surface area contributed by atoms with Gasteiger partial charge in [0, 0.05) is 37.7 Å². The number of phenols is 1. The molecule has 2 aromatic heterocycles. The molecule has 2 aliphatic heterocycles. The van der Waals surface area contributed by atoms with Crippen LogP contribution in [0.15, 0.2) is 59.3 Å². The molecule has 0 saturated heterocycles. The first-order chi connectivity index (χ1) is 17.8. The Kier molecular flexibility index (Phi) is 5.67. The minimum atomic E-state index is -0.709. The van der Waals surface area contributed by atoms with Gasteiger partial charge in [-0.15, -0.1) is 22.7 Å². The molecular formula is C30H27NO4S2. The van der Waals surface area contributed by atoms with Gasteiger partial charge in [-0.1, -0.05) is 18.2 Å². The van der Waals surface area contributed by atoms with Gasteiger partial charge in [-0.25, -0.2) is 0 Å². The van der Waals surface area contributed by atoms with Crippen LogP contribution < -0.4 is 14.8 Å². The van der Waals surface area contributed by atoms with Gasteiger partial charge in [0.05, 0.1) is 18.2 Å². The number of phenolic OH excluding ortho intramolecular Hbond substituents is 1. The number of methoxy groups -OCH3 is 1. The summed E-state index contributed by atoms with van der Waals surface area (Å²) in [6.07, 6.45) is 3.53. The van der Waals surface area contributed by atoms with Crippen molar-refractivity contribution in [1.82, 2.24) is 0 Å². The lowest BCUT2D eigenvalue weighted by Crippen LogP contribution is -2.32. The first kappa shape index (κ1) is 23.9. The van der Waals surface area contributed by atoms with E-state index in [1.54, 1.807) is 30.6 Å². The Hall–Kier alpha value is -3.52. The van der Waals surface area contributed by atoms with Gasteiger partial charge in [-0.2, -0.15) is 0 Å². The normalized spacial score (nSPS) is 17.1. The van der Waals surface area contributed by atoms with Gasteiger partial charge < -0.3 is 25.0 Å². The Morgan fingerprint density at radius 3 is 2.62 bits per heavy atom. The van der Waals surface area contributed by atoms with Crippen LogP contribution in [0, 0.1) is 0 Å². The highest BCUT2D eigenvalue weighted by Crippen LogP contribution is 2.54. The zero-order chi connectivity index (χ0) is 25.9. The summed E-state index contributed by atoms with van der Waals surface area (Å²) in [6.45, 7) is 6.41. The molecule has 2 aromatic carbocycles. The number of benzene rings is 2. The van der Waals surface area contributed by atoms with Crippen LogP contribution >= 0.6 is 22.7 Å².